The van der Waals surface area contributed by atoms with Crippen LogP contribution in [0.2, 0.25) is 0 Å². The van der Waals surface area contributed by atoms with Gasteiger partial charge in [-0.15, -0.1) is 11.3 Å². The van der Waals surface area contributed by atoms with Crippen LogP contribution in [0.1, 0.15) is 53.0 Å². The number of carbonyl (C=O) groups excluding carboxylic acids is 2. The first-order valence-electron chi connectivity index (χ1n) is 7.47. The van der Waals surface area contributed by atoms with Gasteiger partial charge in [0.2, 0.25) is 5.91 Å². The number of fused-ring (bicyclic) bond motifs is 1. The normalized spacial score (nSPS) is 14.8. The molecule has 0 saturated carbocycles. The molecule has 1 aliphatic heterocycles. The first-order valence-corrected chi connectivity index (χ1v) is 8.29. The smallest absolute Gasteiger partial charge is 0.225 e. The summed E-state index contributed by atoms with van der Waals surface area (Å²) in [6, 6.07) is -0.0879. The molecule has 0 radical (unpaired) electrons. The highest BCUT2D eigenvalue weighted by molar-refractivity contribution is 7.13. The zero-order chi connectivity index (χ0) is 16.4. The molecule has 0 bridgehead atoms. The third-order valence-electron chi connectivity index (χ3n) is 3.65. The number of anilines is 2. The van der Waals surface area contributed by atoms with Crippen LogP contribution in [-0.4, -0.2) is 26.6 Å². The molecule has 8 heteroatoms. The molecule has 3 rings (SSSR count). The number of amides is 1. The van der Waals surface area contributed by atoms with Gasteiger partial charge in [-0.3, -0.25) is 9.59 Å². The number of Topliss-reactive ketones (excluding diaryl/α,β-unsaturated/α-hetero) is 1. The number of hydrogen-bond donors (Lipinski definition) is 2. The molecular weight excluding hydrogens is 314 g/mol. The van der Waals surface area contributed by atoms with Gasteiger partial charge in [-0.1, -0.05) is 6.92 Å². The standard InChI is InChI=1S/C15H17N5O2S/c1-3-10(21)11-6-16-15(23-11)8(2)19-13-9-4-5-12(22)20-14(9)18-7-17-13/h6-8H,3-5H2,1-2H3,(H2,17,18,19,20,22)/t8-/m1/s1. The van der Waals surface area contributed by atoms with Crippen LogP contribution >= 0.6 is 11.3 Å². The second-order valence-electron chi connectivity index (χ2n) is 5.30. The van der Waals surface area contributed by atoms with Crippen molar-refractivity contribution in [2.45, 2.75) is 39.2 Å². The van der Waals surface area contributed by atoms with E-state index >= 15 is 0 Å². The van der Waals surface area contributed by atoms with Gasteiger partial charge in [0.15, 0.2) is 5.78 Å². The van der Waals surface area contributed by atoms with E-state index in [9.17, 15) is 9.59 Å². The Balaban J connectivity index is 1.79. The van der Waals surface area contributed by atoms with Crippen molar-refractivity contribution in [2.24, 2.45) is 0 Å². The van der Waals surface area contributed by atoms with E-state index in [4.69, 9.17) is 0 Å². The minimum absolute atomic E-state index is 0.0298. The molecule has 0 aromatic carbocycles. The fraction of sp³-hybridized carbons (Fsp3) is 0.400. The Hall–Kier alpha value is -2.35. The summed E-state index contributed by atoms with van der Waals surface area (Å²) in [5.41, 5.74) is 0.903. The largest absolute Gasteiger partial charge is 0.361 e. The lowest BCUT2D eigenvalue weighted by Gasteiger charge is -2.20. The summed E-state index contributed by atoms with van der Waals surface area (Å²) in [6.07, 6.45) is 4.56. The van der Waals surface area contributed by atoms with Crippen LogP contribution in [0, 0.1) is 0 Å². The Morgan fingerprint density at radius 1 is 1.39 bits per heavy atom. The number of thiazole rings is 1. The fourth-order valence-electron chi connectivity index (χ4n) is 2.37. The van der Waals surface area contributed by atoms with Crippen molar-refractivity contribution in [3.63, 3.8) is 0 Å². The number of aromatic nitrogens is 3. The lowest BCUT2D eigenvalue weighted by atomic mass is 10.1. The topological polar surface area (TPSA) is 96.9 Å². The molecule has 7 nitrogen and oxygen atoms in total. The third kappa shape index (κ3) is 3.21. The van der Waals surface area contributed by atoms with E-state index < -0.39 is 0 Å². The van der Waals surface area contributed by atoms with Crippen LogP contribution in [0.25, 0.3) is 0 Å². The van der Waals surface area contributed by atoms with E-state index in [-0.39, 0.29) is 17.7 Å². The Morgan fingerprint density at radius 3 is 3.00 bits per heavy atom. The molecule has 2 aromatic heterocycles. The van der Waals surface area contributed by atoms with Gasteiger partial charge >= 0.3 is 0 Å². The van der Waals surface area contributed by atoms with Gasteiger partial charge in [0.05, 0.1) is 10.9 Å². The molecule has 0 spiro atoms. The van der Waals surface area contributed by atoms with Crippen LogP contribution in [0.5, 0.6) is 0 Å². The van der Waals surface area contributed by atoms with Crippen LogP contribution in [0.4, 0.5) is 11.6 Å². The van der Waals surface area contributed by atoms with E-state index in [2.05, 4.69) is 25.6 Å². The van der Waals surface area contributed by atoms with Crippen LogP contribution in [0.3, 0.4) is 0 Å². The maximum absolute atomic E-state index is 11.7. The first kappa shape index (κ1) is 15.5. The summed E-state index contributed by atoms with van der Waals surface area (Å²) in [4.78, 5) is 36.5. The molecule has 1 aliphatic rings. The predicted molar refractivity (Wildman–Crippen MR) is 87.8 cm³/mol. The molecule has 120 valence electrons. The molecule has 0 unspecified atom stereocenters. The summed E-state index contributed by atoms with van der Waals surface area (Å²) >= 11 is 1.39. The molecule has 1 amide bonds. The fourth-order valence-corrected chi connectivity index (χ4v) is 3.30. The highest BCUT2D eigenvalue weighted by Gasteiger charge is 2.22. The van der Waals surface area contributed by atoms with Gasteiger partial charge in [0.1, 0.15) is 23.0 Å². The molecule has 2 N–H and O–H groups in total. The highest BCUT2D eigenvalue weighted by atomic mass is 32.1. The molecular formula is C15H17N5O2S. The highest BCUT2D eigenvalue weighted by Crippen LogP contribution is 2.29. The average Bonchev–Trinajstić information content (AvgIpc) is 3.04. The van der Waals surface area contributed by atoms with Crippen LogP contribution in [0.15, 0.2) is 12.5 Å². The van der Waals surface area contributed by atoms with Crippen molar-refractivity contribution in [2.75, 3.05) is 10.6 Å². The maximum atomic E-state index is 11.7. The minimum Gasteiger partial charge on any atom is -0.361 e. The molecule has 0 aliphatic carbocycles. The van der Waals surface area contributed by atoms with Crippen molar-refractivity contribution in [3.8, 4) is 0 Å². The second-order valence-corrected chi connectivity index (χ2v) is 6.37. The quantitative estimate of drug-likeness (QED) is 0.817. The zero-order valence-corrected chi connectivity index (χ0v) is 13.7. The summed E-state index contributed by atoms with van der Waals surface area (Å²) in [7, 11) is 0. The van der Waals surface area contributed by atoms with Gasteiger partial charge < -0.3 is 10.6 Å². The van der Waals surface area contributed by atoms with Crippen molar-refractivity contribution in [1.82, 2.24) is 15.0 Å². The van der Waals surface area contributed by atoms with Crippen molar-refractivity contribution >= 4 is 34.7 Å². The molecule has 23 heavy (non-hydrogen) atoms. The lowest BCUT2D eigenvalue weighted by molar-refractivity contribution is -0.116. The number of hydrogen-bond acceptors (Lipinski definition) is 7. The molecule has 3 heterocycles. The Bertz CT molecular complexity index is 758. The summed E-state index contributed by atoms with van der Waals surface area (Å²) in [6.45, 7) is 3.81. The molecule has 1 atom stereocenters. The van der Waals surface area contributed by atoms with E-state index in [1.807, 2.05) is 13.8 Å². The average molecular weight is 331 g/mol. The van der Waals surface area contributed by atoms with Gasteiger partial charge in [-0.2, -0.15) is 0 Å². The summed E-state index contributed by atoms with van der Waals surface area (Å²) in [5.74, 6) is 1.33. The van der Waals surface area contributed by atoms with Gasteiger partial charge in [0, 0.05) is 24.6 Å². The molecule has 0 saturated heterocycles. The Kier molecular flexibility index (Phi) is 4.33. The first-order chi connectivity index (χ1) is 11.1. The zero-order valence-electron chi connectivity index (χ0n) is 12.9. The van der Waals surface area contributed by atoms with Gasteiger partial charge in [-0.05, 0) is 13.3 Å². The summed E-state index contributed by atoms with van der Waals surface area (Å²) in [5, 5.41) is 6.89. The van der Waals surface area contributed by atoms with E-state index in [1.165, 1.54) is 17.7 Å². The van der Waals surface area contributed by atoms with Gasteiger partial charge in [0.25, 0.3) is 0 Å². The van der Waals surface area contributed by atoms with Crippen LogP contribution < -0.4 is 10.6 Å². The number of nitrogens with zero attached hydrogens (tertiary/aromatic N) is 3. The summed E-state index contributed by atoms with van der Waals surface area (Å²) < 4.78 is 0. The Labute approximate surface area is 137 Å². The minimum atomic E-state index is -0.0879. The predicted octanol–water partition coefficient (Wildman–Crippen LogP) is 2.58. The van der Waals surface area contributed by atoms with Crippen molar-refractivity contribution < 1.29 is 9.59 Å². The van der Waals surface area contributed by atoms with E-state index in [0.717, 1.165) is 10.6 Å². The third-order valence-corrected chi connectivity index (χ3v) is 4.87. The number of nitrogens with one attached hydrogen (secondary N) is 2. The van der Waals surface area contributed by atoms with Gasteiger partial charge in [-0.25, -0.2) is 15.0 Å². The number of rotatable bonds is 5. The van der Waals surface area contributed by atoms with Crippen molar-refractivity contribution in [3.05, 3.63) is 28.0 Å². The van der Waals surface area contributed by atoms with E-state index in [1.54, 1.807) is 6.20 Å². The molecule has 0 fully saturated rings. The lowest BCUT2D eigenvalue weighted by Crippen LogP contribution is -2.22. The number of ketones is 1. The number of carbonyl (C=O) groups is 2. The molecule has 2 aromatic rings. The van der Waals surface area contributed by atoms with Crippen molar-refractivity contribution in [1.29, 1.82) is 0 Å². The monoisotopic (exact) mass is 331 g/mol. The second kappa shape index (κ2) is 6.41. The van der Waals surface area contributed by atoms with Crippen LogP contribution in [-0.2, 0) is 11.2 Å². The maximum Gasteiger partial charge on any atom is 0.225 e. The Morgan fingerprint density at radius 2 is 2.22 bits per heavy atom. The van der Waals surface area contributed by atoms with E-state index in [0.29, 0.717) is 35.8 Å². The SMILES string of the molecule is CCC(=O)c1cnc([C@@H](C)Nc2ncnc3c2CCC(=O)N3)s1.